The van der Waals surface area contributed by atoms with Crippen LogP contribution in [0.25, 0.3) is 0 Å². The van der Waals surface area contributed by atoms with Crippen molar-refractivity contribution in [1.82, 2.24) is 0 Å². The lowest BCUT2D eigenvalue weighted by molar-refractivity contribution is 0.0577. The first-order valence-corrected chi connectivity index (χ1v) is 6.20. The van der Waals surface area contributed by atoms with Crippen molar-refractivity contribution in [1.29, 1.82) is 0 Å². The van der Waals surface area contributed by atoms with E-state index in [9.17, 15) is 4.79 Å². The summed E-state index contributed by atoms with van der Waals surface area (Å²) in [6.07, 6.45) is -0.00351. The molecule has 4 nitrogen and oxygen atoms in total. The number of hydrogen-bond acceptors (Lipinski definition) is 3. The number of carbonyl (C=O) groups excluding carboxylic acids is 1. The molecule has 2 aliphatic heterocycles. The van der Waals surface area contributed by atoms with Crippen molar-refractivity contribution in [2.24, 2.45) is 0 Å². The molecule has 0 saturated carbocycles. The smallest absolute Gasteiger partial charge is 0.414 e. The summed E-state index contributed by atoms with van der Waals surface area (Å²) in [6.45, 7) is 6.20. The van der Waals surface area contributed by atoms with Crippen LogP contribution in [-0.4, -0.2) is 24.3 Å². The van der Waals surface area contributed by atoms with Crippen LogP contribution >= 0.6 is 0 Å². The molecule has 2 aliphatic rings. The number of benzene rings is 1. The summed E-state index contributed by atoms with van der Waals surface area (Å²) in [5, 5.41) is 0. The second-order valence-corrected chi connectivity index (χ2v) is 5.74. The second kappa shape index (κ2) is 3.72. The fraction of sp³-hybridized carbons (Fsp3) is 0.500. The second-order valence-electron chi connectivity index (χ2n) is 5.74. The third-order valence-electron chi connectivity index (χ3n) is 3.09. The third-order valence-corrected chi connectivity index (χ3v) is 3.09. The largest absolute Gasteiger partial charge is 0.443 e. The molecule has 0 radical (unpaired) electrons. The van der Waals surface area contributed by atoms with E-state index in [1.807, 2.05) is 45.0 Å². The Morgan fingerprint density at radius 2 is 2.11 bits per heavy atom. The molecule has 1 amide bonds. The zero-order valence-corrected chi connectivity index (χ0v) is 10.8. The Labute approximate surface area is 106 Å². The van der Waals surface area contributed by atoms with Crippen molar-refractivity contribution < 1.29 is 14.3 Å². The Morgan fingerprint density at radius 3 is 2.83 bits per heavy atom. The number of carbonyl (C=O) groups is 1. The van der Waals surface area contributed by atoms with E-state index in [4.69, 9.17) is 9.47 Å². The molecule has 0 aliphatic carbocycles. The van der Waals surface area contributed by atoms with Crippen molar-refractivity contribution in [2.75, 3.05) is 11.4 Å². The standard InChI is InChI=1S/C14H17NO3/c1-14(2,3)18-13(16)15-8-11-12(17-11)9-6-4-5-7-10(9)15/h4-7,11-12H,8H2,1-3H3/t11-,12+/m0/s1. The van der Waals surface area contributed by atoms with Crippen LogP contribution in [0, 0.1) is 0 Å². The minimum atomic E-state index is -0.479. The number of hydrogen-bond donors (Lipinski definition) is 0. The van der Waals surface area contributed by atoms with Crippen LogP contribution in [0.15, 0.2) is 24.3 Å². The van der Waals surface area contributed by atoms with Crippen LogP contribution in [-0.2, 0) is 9.47 Å². The first-order valence-electron chi connectivity index (χ1n) is 6.20. The van der Waals surface area contributed by atoms with E-state index >= 15 is 0 Å². The zero-order chi connectivity index (χ0) is 12.9. The number of ether oxygens (including phenoxy) is 2. The summed E-state index contributed by atoms with van der Waals surface area (Å²) >= 11 is 0. The van der Waals surface area contributed by atoms with Gasteiger partial charge in [0.2, 0.25) is 0 Å². The van der Waals surface area contributed by atoms with E-state index in [-0.39, 0.29) is 18.3 Å². The molecule has 0 spiro atoms. The molecule has 0 N–H and O–H groups in total. The van der Waals surface area contributed by atoms with Crippen molar-refractivity contribution in [3.05, 3.63) is 29.8 Å². The van der Waals surface area contributed by atoms with E-state index in [2.05, 4.69) is 0 Å². The Morgan fingerprint density at radius 1 is 1.39 bits per heavy atom. The minimum absolute atomic E-state index is 0.132. The summed E-state index contributed by atoms with van der Waals surface area (Å²) in [6, 6.07) is 7.85. The fourth-order valence-electron chi connectivity index (χ4n) is 2.30. The van der Waals surface area contributed by atoms with Crippen LogP contribution in [0.5, 0.6) is 0 Å². The number of para-hydroxylation sites is 1. The lowest BCUT2D eigenvalue weighted by Crippen LogP contribution is -2.41. The van der Waals surface area contributed by atoms with Crippen LogP contribution < -0.4 is 4.90 Å². The highest BCUT2D eigenvalue weighted by Gasteiger charge is 2.48. The summed E-state index contributed by atoms with van der Waals surface area (Å²) in [5.41, 5.74) is 1.51. The van der Waals surface area contributed by atoms with Crippen LogP contribution in [0.4, 0.5) is 10.5 Å². The van der Waals surface area contributed by atoms with Gasteiger partial charge in [-0.25, -0.2) is 4.79 Å². The number of fused-ring (bicyclic) bond motifs is 3. The van der Waals surface area contributed by atoms with E-state index in [0.29, 0.717) is 6.54 Å². The topological polar surface area (TPSA) is 42.1 Å². The Balaban J connectivity index is 1.89. The molecule has 2 heterocycles. The summed E-state index contributed by atoms with van der Waals surface area (Å²) < 4.78 is 11.0. The minimum Gasteiger partial charge on any atom is -0.443 e. The number of anilines is 1. The molecule has 0 aromatic heterocycles. The molecule has 0 bridgehead atoms. The Bertz CT molecular complexity index is 492. The average molecular weight is 247 g/mol. The molecule has 96 valence electrons. The highest BCUT2D eigenvalue weighted by Crippen LogP contribution is 2.47. The molecule has 1 aromatic rings. The molecule has 1 aromatic carbocycles. The van der Waals surface area contributed by atoms with Gasteiger partial charge in [0.1, 0.15) is 17.8 Å². The molecule has 18 heavy (non-hydrogen) atoms. The summed E-state index contributed by atoms with van der Waals surface area (Å²) in [5.74, 6) is 0. The number of nitrogens with zero attached hydrogens (tertiary/aromatic N) is 1. The maximum Gasteiger partial charge on any atom is 0.414 e. The molecule has 4 heteroatoms. The monoisotopic (exact) mass is 247 g/mol. The predicted octanol–water partition coefficient (Wildman–Crippen LogP) is 2.88. The van der Waals surface area contributed by atoms with E-state index in [0.717, 1.165) is 11.3 Å². The van der Waals surface area contributed by atoms with Crippen molar-refractivity contribution in [3.63, 3.8) is 0 Å². The molecule has 0 unspecified atom stereocenters. The van der Waals surface area contributed by atoms with Gasteiger partial charge in [0.15, 0.2) is 0 Å². The lowest BCUT2D eigenvalue weighted by Gasteiger charge is -2.30. The van der Waals surface area contributed by atoms with E-state index in [1.165, 1.54) is 0 Å². The van der Waals surface area contributed by atoms with Crippen LogP contribution in [0.1, 0.15) is 32.4 Å². The van der Waals surface area contributed by atoms with Gasteiger partial charge in [-0.05, 0) is 26.8 Å². The zero-order valence-electron chi connectivity index (χ0n) is 10.8. The molecular weight excluding hydrogens is 230 g/mol. The Hall–Kier alpha value is -1.55. The number of amides is 1. The van der Waals surface area contributed by atoms with Crippen LogP contribution in [0.3, 0.4) is 0 Å². The van der Waals surface area contributed by atoms with Gasteiger partial charge in [-0.15, -0.1) is 0 Å². The van der Waals surface area contributed by atoms with Crippen molar-refractivity contribution in [3.8, 4) is 0 Å². The SMILES string of the molecule is CC(C)(C)OC(=O)N1C[C@@H]2O[C@@H]2c2ccccc21. The molecule has 1 saturated heterocycles. The first kappa shape index (κ1) is 11.5. The first-order chi connectivity index (χ1) is 8.46. The van der Waals surface area contributed by atoms with Gasteiger partial charge in [-0.2, -0.15) is 0 Å². The molecular formula is C14H17NO3. The van der Waals surface area contributed by atoms with Gasteiger partial charge in [0.25, 0.3) is 0 Å². The maximum absolute atomic E-state index is 12.2. The Kier molecular flexibility index (Phi) is 2.38. The number of epoxide rings is 1. The molecule has 2 atom stereocenters. The third kappa shape index (κ3) is 1.97. The quantitative estimate of drug-likeness (QED) is 0.662. The highest BCUT2D eigenvalue weighted by atomic mass is 16.6. The maximum atomic E-state index is 12.2. The summed E-state index contributed by atoms with van der Waals surface area (Å²) in [4.78, 5) is 13.9. The lowest BCUT2D eigenvalue weighted by atomic mass is 10.0. The van der Waals surface area contributed by atoms with Gasteiger partial charge in [0.05, 0.1) is 12.2 Å². The van der Waals surface area contributed by atoms with E-state index < -0.39 is 5.60 Å². The van der Waals surface area contributed by atoms with Gasteiger partial charge < -0.3 is 9.47 Å². The molecule has 3 rings (SSSR count). The van der Waals surface area contributed by atoms with Gasteiger partial charge in [-0.1, -0.05) is 18.2 Å². The van der Waals surface area contributed by atoms with Gasteiger partial charge >= 0.3 is 6.09 Å². The van der Waals surface area contributed by atoms with Crippen molar-refractivity contribution >= 4 is 11.8 Å². The van der Waals surface area contributed by atoms with Crippen molar-refractivity contribution in [2.45, 2.75) is 38.6 Å². The number of rotatable bonds is 0. The highest BCUT2D eigenvalue weighted by molar-refractivity contribution is 5.90. The van der Waals surface area contributed by atoms with E-state index in [1.54, 1.807) is 4.90 Å². The normalized spacial score (nSPS) is 25.2. The van der Waals surface area contributed by atoms with Gasteiger partial charge in [-0.3, -0.25) is 4.90 Å². The molecule has 1 fully saturated rings. The summed E-state index contributed by atoms with van der Waals surface area (Å²) in [7, 11) is 0. The van der Waals surface area contributed by atoms with Crippen LogP contribution in [0.2, 0.25) is 0 Å². The average Bonchev–Trinajstić information content (AvgIpc) is 3.04. The fourth-order valence-corrected chi connectivity index (χ4v) is 2.30. The van der Waals surface area contributed by atoms with Gasteiger partial charge in [0, 0.05) is 5.56 Å². The predicted molar refractivity (Wildman–Crippen MR) is 67.6 cm³/mol.